The molecule has 0 aromatic carbocycles. The van der Waals surface area contributed by atoms with E-state index in [2.05, 4.69) is 15.2 Å². The highest BCUT2D eigenvalue weighted by molar-refractivity contribution is 5.81. The zero-order valence-electron chi connectivity index (χ0n) is 13.0. The van der Waals surface area contributed by atoms with Gasteiger partial charge >= 0.3 is 6.09 Å². The number of amides is 1. The molecule has 6 nitrogen and oxygen atoms in total. The molecule has 112 valence electrons. The van der Waals surface area contributed by atoms with Gasteiger partial charge < -0.3 is 19.9 Å². The van der Waals surface area contributed by atoms with E-state index in [-0.39, 0.29) is 6.09 Å². The fourth-order valence-electron chi connectivity index (χ4n) is 2.60. The summed E-state index contributed by atoms with van der Waals surface area (Å²) in [6.07, 6.45) is -0.226. The summed E-state index contributed by atoms with van der Waals surface area (Å²) in [5.41, 5.74) is 2.18. The quantitative estimate of drug-likeness (QED) is 0.409. The molecule has 0 unspecified atom stereocenters. The average Bonchev–Trinajstić information content (AvgIpc) is 2.86. The lowest BCUT2D eigenvalue weighted by molar-refractivity contribution is 0.0295. The first-order valence-electron chi connectivity index (χ1n) is 6.91. The van der Waals surface area contributed by atoms with Crippen LogP contribution in [0.15, 0.2) is 16.1 Å². The van der Waals surface area contributed by atoms with Gasteiger partial charge in [-0.15, -0.1) is 0 Å². The highest BCUT2D eigenvalue weighted by Crippen LogP contribution is 2.26. The molecule has 0 aromatic heterocycles. The summed E-state index contributed by atoms with van der Waals surface area (Å²) < 4.78 is 5.41. The monoisotopic (exact) mass is 280 g/mol. The van der Waals surface area contributed by atoms with Crippen LogP contribution in [-0.2, 0) is 4.74 Å². The van der Waals surface area contributed by atoms with E-state index in [4.69, 9.17) is 4.74 Å². The Morgan fingerprint density at radius 1 is 1.15 bits per heavy atom. The molecule has 0 spiro atoms. The van der Waals surface area contributed by atoms with Gasteiger partial charge in [0.15, 0.2) is 5.96 Å². The van der Waals surface area contributed by atoms with E-state index in [0.717, 1.165) is 19.0 Å². The molecule has 0 saturated carbocycles. The van der Waals surface area contributed by atoms with Crippen LogP contribution in [0.5, 0.6) is 0 Å². The van der Waals surface area contributed by atoms with Gasteiger partial charge in [-0.05, 0) is 31.9 Å². The second-order valence-corrected chi connectivity index (χ2v) is 6.20. The molecular formula is C14H24N4O2. The first-order valence-corrected chi connectivity index (χ1v) is 6.91. The van der Waals surface area contributed by atoms with Crippen LogP contribution in [0.3, 0.4) is 0 Å². The van der Waals surface area contributed by atoms with Crippen molar-refractivity contribution in [2.24, 2.45) is 4.99 Å². The van der Waals surface area contributed by atoms with Crippen LogP contribution in [0.25, 0.3) is 0 Å². The fraction of sp³-hybridized carbons (Fsp3) is 0.714. The minimum Gasteiger partial charge on any atom is -0.444 e. The molecule has 0 atom stereocenters. The van der Waals surface area contributed by atoms with Gasteiger partial charge in [-0.1, -0.05) is 0 Å². The number of hydrogen-bond acceptors (Lipinski definition) is 3. The van der Waals surface area contributed by atoms with Crippen molar-refractivity contribution in [1.82, 2.24) is 15.1 Å². The van der Waals surface area contributed by atoms with E-state index in [1.54, 1.807) is 11.9 Å². The van der Waals surface area contributed by atoms with Crippen LogP contribution in [0, 0.1) is 0 Å². The van der Waals surface area contributed by atoms with Crippen LogP contribution < -0.4 is 5.32 Å². The number of carbonyl (C=O) groups excluding carboxylic acids is 1. The third kappa shape index (κ3) is 3.05. The van der Waals surface area contributed by atoms with Gasteiger partial charge in [-0.25, -0.2) is 4.79 Å². The molecule has 1 amide bonds. The van der Waals surface area contributed by atoms with Crippen molar-refractivity contribution in [3.05, 3.63) is 11.1 Å². The number of nitrogens with one attached hydrogen (secondary N) is 1. The van der Waals surface area contributed by atoms with Crippen LogP contribution in [0.1, 0.15) is 20.8 Å². The highest BCUT2D eigenvalue weighted by Gasteiger charge is 2.34. The van der Waals surface area contributed by atoms with E-state index in [1.165, 1.54) is 11.1 Å². The van der Waals surface area contributed by atoms with Gasteiger partial charge in [0.2, 0.25) is 0 Å². The zero-order valence-corrected chi connectivity index (χ0v) is 13.0. The molecule has 0 aliphatic carbocycles. The van der Waals surface area contributed by atoms with Crippen LogP contribution in [0.2, 0.25) is 0 Å². The van der Waals surface area contributed by atoms with Gasteiger partial charge in [0.1, 0.15) is 5.60 Å². The second kappa shape index (κ2) is 5.34. The third-order valence-electron chi connectivity index (χ3n) is 3.41. The molecule has 6 heteroatoms. The van der Waals surface area contributed by atoms with Crippen molar-refractivity contribution < 1.29 is 9.53 Å². The molecule has 0 bridgehead atoms. The average molecular weight is 280 g/mol. The maximum absolute atomic E-state index is 12.0. The van der Waals surface area contributed by atoms with Gasteiger partial charge in [0.05, 0.1) is 0 Å². The van der Waals surface area contributed by atoms with E-state index < -0.39 is 5.60 Å². The van der Waals surface area contributed by atoms with Crippen LogP contribution in [-0.4, -0.2) is 67.7 Å². The van der Waals surface area contributed by atoms with E-state index in [1.807, 2.05) is 27.8 Å². The minimum atomic E-state index is -0.440. The predicted molar refractivity (Wildman–Crippen MR) is 78.8 cm³/mol. The molecule has 0 saturated heterocycles. The number of guanidine groups is 1. The van der Waals surface area contributed by atoms with Crippen molar-refractivity contribution in [1.29, 1.82) is 0 Å². The first-order chi connectivity index (χ1) is 9.34. The van der Waals surface area contributed by atoms with E-state index >= 15 is 0 Å². The number of ether oxygens (including phenoxy) is 1. The summed E-state index contributed by atoms with van der Waals surface area (Å²) in [4.78, 5) is 20.2. The maximum Gasteiger partial charge on any atom is 0.410 e. The third-order valence-corrected chi connectivity index (χ3v) is 3.41. The van der Waals surface area contributed by atoms with Gasteiger partial charge in [-0.3, -0.25) is 4.99 Å². The summed E-state index contributed by atoms with van der Waals surface area (Å²) in [6, 6.07) is 0. The van der Waals surface area contributed by atoms with E-state index in [9.17, 15) is 4.79 Å². The molecule has 2 aliphatic heterocycles. The number of nitrogens with zero attached hydrogens (tertiary/aromatic N) is 3. The molecule has 0 fully saturated rings. The molecule has 1 N–H and O–H groups in total. The second-order valence-electron chi connectivity index (χ2n) is 6.20. The smallest absolute Gasteiger partial charge is 0.410 e. The van der Waals surface area contributed by atoms with Gasteiger partial charge in [0, 0.05) is 40.3 Å². The molecule has 20 heavy (non-hydrogen) atoms. The van der Waals surface area contributed by atoms with Gasteiger partial charge in [0.25, 0.3) is 0 Å². The Hall–Kier alpha value is -1.72. The number of hydrogen-bond donors (Lipinski definition) is 1. The van der Waals surface area contributed by atoms with Crippen molar-refractivity contribution in [2.75, 3.05) is 40.3 Å². The number of rotatable bonds is 0. The summed E-state index contributed by atoms with van der Waals surface area (Å²) in [6.45, 7) is 8.68. The Balaban J connectivity index is 1.91. The lowest BCUT2D eigenvalue weighted by Gasteiger charge is -2.27. The van der Waals surface area contributed by atoms with Crippen molar-refractivity contribution in [3.63, 3.8) is 0 Å². The lowest BCUT2D eigenvalue weighted by atomic mass is 10.2. The Bertz CT molecular complexity index is 444. The molecule has 2 rings (SSSR count). The van der Waals surface area contributed by atoms with Crippen LogP contribution in [0.4, 0.5) is 4.79 Å². The summed E-state index contributed by atoms with van der Waals surface area (Å²) in [5.74, 6) is 0.892. The molecular weight excluding hydrogens is 256 g/mol. The SMILES string of the molecule is CN=C(NC)N1CC2=C(CN(C(=O)OC(C)(C)C)C2)C1. The summed E-state index contributed by atoms with van der Waals surface area (Å²) >= 11 is 0. The van der Waals surface area contributed by atoms with E-state index in [0.29, 0.717) is 13.1 Å². The van der Waals surface area contributed by atoms with Crippen molar-refractivity contribution in [3.8, 4) is 0 Å². The van der Waals surface area contributed by atoms with Crippen molar-refractivity contribution >= 4 is 12.1 Å². The zero-order chi connectivity index (χ0) is 14.9. The Morgan fingerprint density at radius 3 is 2.05 bits per heavy atom. The van der Waals surface area contributed by atoms with Crippen molar-refractivity contribution in [2.45, 2.75) is 26.4 Å². The molecule has 2 heterocycles. The maximum atomic E-state index is 12.0. The molecule has 2 aliphatic rings. The Kier molecular flexibility index (Phi) is 3.92. The highest BCUT2D eigenvalue weighted by atomic mass is 16.6. The lowest BCUT2D eigenvalue weighted by Crippen LogP contribution is -2.42. The number of aliphatic imine (C=N–C) groups is 1. The summed E-state index contributed by atoms with van der Waals surface area (Å²) in [7, 11) is 3.65. The molecule has 0 aromatic rings. The topological polar surface area (TPSA) is 57.2 Å². The summed E-state index contributed by atoms with van der Waals surface area (Å²) in [5, 5.41) is 3.09. The molecule has 0 radical (unpaired) electrons. The normalized spacial score (nSPS) is 19.6. The minimum absolute atomic E-state index is 0.226. The largest absolute Gasteiger partial charge is 0.444 e. The van der Waals surface area contributed by atoms with Gasteiger partial charge in [-0.2, -0.15) is 0 Å². The Morgan fingerprint density at radius 2 is 1.65 bits per heavy atom. The number of carbonyl (C=O) groups is 1. The van der Waals surface area contributed by atoms with Crippen LogP contribution >= 0.6 is 0 Å². The Labute approximate surface area is 120 Å². The first kappa shape index (κ1) is 14.7. The predicted octanol–water partition coefficient (Wildman–Crippen LogP) is 1.05. The standard InChI is InChI=1S/C14H24N4O2/c1-14(2,3)20-13(19)18-8-10-6-17(7-11(10)9-18)12(15-4)16-5/h6-9H2,1-5H3,(H,15,16). The fourth-order valence-corrected chi connectivity index (χ4v) is 2.60.